The molecule has 1 aliphatic rings. The van der Waals surface area contributed by atoms with Gasteiger partial charge in [0.1, 0.15) is 5.82 Å². The molecule has 0 saturated heterocycles. The van der Waals surface area contributed by atoms with Gasteiger partial charge >= 0.3 is 6.18 Å². The molecule has 0 bridgehead atoms. The van der Waals surface area contributed by atoms with Gasteiger partial charge in [0.25, 0.3) is 0 Å². The maximum Gasteiger partial charge on any atom is 0.437 e. The van der Waals surface area contributed by atoms with E-state index < -0.39 is 11.9 Å². The molecule has 1 fully saturated rings. The normalized spacial score (nSPS) is 15.8. The summed E-state index contributed by atoms with van der Waals surface area (Å²) in [7, 11) is 3.29. The molecule has 6 heteroatoms. The van der Waals surface area contributed by atoms with Crippen LogP contribution in [0.1, 0.15) is 18.5 Å². The predicted octanol–water partition coefficient (Wildman–Crippen LogP) is 2.71. The number of hydrogen-bond acceptors (Lipinski definition) is 3. The number of alkyl halides is 3. The number of nitrogens with zero attached hydrogens (tertiary/aromatic N) is 2. The Hall–Kier alpha value is -1.46. The standard InChI is InChI=1S/C11H13F3N2O/c1-16(2)9-6-5-8(17-7-3-4-7)10(15-9)11(12,13)14/h5-7H,3-4H2,1-2H3. The summed E-state index contributed by atoms with van der Waals surface area (Å²) >= 11 is 0. The smallest absolute Gasteiger partial charge is 0.437 e. The summed E-state index contributed by atoms with van der Waals surface area (Å²) < 4.78 is 43.6. The molecule has 1 aromatic rings. The summed E-state index contributed by atoms with van der Waals surface area (Å²) in [6.07, 6.45) is -2.95. The van der Waals surface area contributed by atoms with E-state index in [1.165, 1.54) is 17.0 Å². The van der Waals surface area contributed by atoms with Crippen molar-refractivity contribution in [1.82, 2.24) is 4.98 Å². The minimum absolute atomic E-state index is 0.0805. The Morgan fingerprint density at radius 3 is 2.41 bits per heavy atom. The molecule has 1 aromatic heterocycles. The summed E-state index contributed by atoms with van der Waals surface area (Å²) in [5.74, 6) is 0.0890. The lowest BCUT2D eigenvalue weighted by Crippen LogP contribution is -2.17. The van der Waals surface area contributed by atoms with Gasteiger partial charge in [-0.05, 0) is 25.0 Å². The van der Waals surface area contributed by atoms with E-state index in [0.717, 1.165) is 12.8 Å². The van der Waals surface area contributed by atoms with E-state index in [-0.39, 0.29) is 17.7 Å². The fourth-order valence-corrected chi connectivity index (χ4v) is 1.35. The van der Waals surface area contributed by atoms with E-state index in [2.05, 4.69) is 4.98 Å². The fraction of sp³-hybridized carbons (Fsp3) is 0.545. The first-order chi connectivity index (χ1) is 7.88. The average molecular weight is 246 g/mol. The fourth-order valence-electron chi connectivity index (χ4n) is 1.35. The molecule has 2 rings (SSSR count). The first-order valence-electron chi connectivity index (χ1n) is 5.30. The van der Waals surface area contributed by atoms with Crippen LogP contribution in [0.25, 0.3) is 0 Å². The molecule has 0 radical (unpaired) electrons. The van der Waals surface area contributed by atoms with Crippen LogP contribution in [0.4, 0.5) is 19.0 Å². The van der Waals surface area contributed by atoms with E-state index in [1.54, 1.807) is 14.1 Å². The van der Waals surface area contributed by atoms with Crippen LogP contribution in [-0.4, -0.2) is 25.2 Å². The van der Waals surface area contributed by atoms with Crippen LogP contribution in [0.2, 0.25) is 0 Å². The summed E-state index contributed by atoms with van der Waals surface area (Å²) in [6.45, 7) is 0. The Morgan fingerprint density at radius 2 is 1.94 bits per heavy atom. The first kappa shape index (κ1) is 12.0. The van der Waals surface area contributed by atoms with Gasteiger partial charge in [-0.1, -0.05) is 0 Å². The van der Waals surface area contributed by atoms with Gasteiger partial charge in [-0.3, -0.25) is 0 Å². The van der Waals surface area contributed by atoms with Crippen LogP contribution in [0.3, 0.4) is 0 Å². The highest BCUT2D eigenvalue weighted by atomic mass is 19.4. The third-order valence-electron chi connectivity index (χ3n) is 2.39. The van der Waals surface area contributed by atoms with Gasteiger partial charge in [0.2, 0.25) is 0 Å². The number of hydrogen-bond donors (Lipinski definition) is 0. The van der Waals surface area contributed by atoms with Crippen molar-refractivity contribution >= 4 is 5.82 Å². The topological polar surface area (TPSA) is 25.4 Å². The molecule has 1 heterocycles. The highest BCUT2D eigenvalue weighted by molar-refractivity contribution is 5.44. The minimum atomic E-state index is -4.49. The van der Waals surface area contributed by atoms with Crippen molar-refractivity contribution in [3.8, 4) is 5.75 Å². The number of anilines is 1. The van der Waals surface area contributed by atoms with E-state index in [9.17, 15) is 13.2 Å². The maximum absolute atomic E-state index is 12.8. The Kier molecular flexibility index (Phi) is 2.89. The Labute approximate surface area is 97.2 Å². The average Bonchev–Trinajstić information content (AvgIpc) is 3.00. The molecule has 0 spiro atoms. The molecule has 0 aromatic carbocycles. The summed E-state index contributed by atoms with van der Waals surface area (Å²) in [6, 6.07) is 2.86. The molecule has 0 amide bonds. The van der Waals surface area contributed by atoms with Crippen molar-refractivity contribution in [2.45, 2.75) is 25.1 Å². The van der Waals surface area contributed by atoms with Gasteiger partial charge in [0.15, 0.2) is 11.4 Å². The third-order valence-corrected chi connectivity index (χ3v) is 2.39. The van der Waals surface area contributed by atoms with Gasteiger partial charge in [-0.25, -0.2) is 4.98 Å². The van der Waals surface area contributed by atoms with Crippen LogP contribution in [-0.2, 0) is 6.18 Å². The van der Waals surface area contributed by atoms with Crippen LogP contribution in [0.5, 0.6) is 5.75 Å². The molecular formula is C11H13F3N2O. The minimum Gasteiger partial charge on any atom is -0.488 e. The Balaban J connectivity index is 2.36. The van der Waals surface area contributed by atoms with E-state index in [0.29, 0.717) is 0 Å². The lowest BCUT2D eigenvalue weighted by atomic mass is 10.3. The van der Waals surface area contributed by atoms with E-state index >= 15 is 0 Å². The van der Waals surface area contributed by atoms with Gasteiger partial charge < -0.3 is 9.64 Å². The molecule has 0 atom stereocenters. The van der Waals surface area contributed by atoms with Crippen molar-refractivity contribution in [2.24, 2.45) is 0 Å². The lowest BCUT2D eigenvalue weighted by molar-refractivity contribution is -0.142. The van der Waals surface area contributed by atoms with E-state index in [4.69, 9.17) is 4.74 Å². The summed E-state index contributed by atoms with van der Waals surface area (Å²) in [5.41, 5.74) is -0.949. The van der Waals surface area contributed by atoms with Crippen molar-refractivity contribution in [1.29, 1.82) is 0 Å². The lowest BCUT2D eigenvalue weighted by Gasteiger charge is -2.17. The first-order valence-corrected chi connectivity index (χ1v) is 5.30. The highest BCUT2D eigenvalue weighted by Crippen LogP contribution is 2.38. The van der Waals surface area contributed by atoms with Gasteiger partial charge in [0, 0.05) is 14.1 Å². The Bertz CT molecular complexity index is 414. The van der Waals surface area contributed by atoms with Crippen molar-refractivity contribution in [3.63, 3.8) is 0 Å². The quantitative estimate of drug-likeness (QED) is 0.820. The van der Waals surface area contributed by atoms with Crippen molar-refractivity contribution in [2.75, 3.05) is 19.0 Å². The molecule has 94 valence electrons. The summed E-state index contributed by atoms with van der Waals surface area (Å²) in [5, 5.41) is 0. The van der Waals surface area contributed by atoms with E-state index in [1.807, 2.05) is 0 Å². The van der Waals surface area contributed by atoms with Crippen LogP contribution >= 0.6 is 0 Å². The van der Waals surface area contributed by atoms with Gasteiger partial charge in [0.05, 0.1) is 6.10 Å². The largest absolute Gasteiger partial charge is 0.488 e. The van der Waals surface area contributed by atoms with Gasteiger partial charge in [-0.15, -0.1) is 0 Å². The van der Waals surface area contributed by atoms with Crippen LogP contribution < -0.4 is 9.64 Å². The zero-order valence-corrected chi connectivity index (χ0v) is 9.58. The monoisotopic (exact) mass is 246 g/mol. The van der Waals surface area contributed by atoms with Crippen molar-refractivity contribution in [3.05, 3.63) is 17.8 Å². The maximum atomic E-state index is 12.8. The molecule has 3 nitrogen and oxygen atoms in total. The van der Waals surface area contributed by atoms with Crippen molar-refractivity contribution < 1.29 is 17.9 Å². The molecule has 0 N–H and O–H groups in total. The molecule has 17 heavy (non-hydrogen) atoms. The third kappa shape index (κ3) is 2.81. The number of aromatic nitrogens is 1. The number of rotatable bonds is 3. The zero-order chi connectivity index (χ0) is 12.6. The Morgan fingerprint density at radius 1 is 1.29 bits per heavy atom. The number of halogens is 3. The molecule has 0 aliphatic heterocycles. The summed E-state index contributed by atoms with van der Waals surface area (Å²) in [4.78, 5) is 5.12. The predicted molar refractivity (Wildman–Crippen MR) is 57.2 cm³/mol. The molecule has 0 unspecified atom stereocenters. The molecule has 1 saturated carbocycles. The van der Waals surface area contributed by atoms with Crippen LogP contribution in [0.15, 0.2) is 12.1 Å². The number of ether oxygens (including phenoxy) is 1. The second-order valence-corrected chi connectivity index (χ2v) is 4.23. The second kappa shape index (κ2) is 4.09. The molecule has 1 aliphatic carbocycles. The molecular weight excluding hydrogens is 233 g/mol. The number of pyridine rings is 1. The van der Waals surface area contributed by atoms with Crippen LogP contribution in [0, 0.1) is 0 Å². The SMILES string of the molecule is CN(C)c1ccc(OC2CC2)c(C(F)(F)F)n1. The second-order valence-electron chi connectivity index (χ2n) is 4.23. The zero-order valence-electron chi connectivity index (χ0n) is 9.58. The van der Waals surface area contributed by atoms with Gasteiger partial charge in [-0.2, -0.15) is 13.2 Å². The highest BCUT2D eigenvalue weighted by Gasteiger charge is 2.38.